The summed E-state index contributed by atoms with van der Waals surface area (Å²) in [4.78, 5) is 17.2. The molecule has 0 atom stereocenters. The molecule has 4 N–H and O–H groups in total. The van der Waals surface area contributed by atoms with Gasteiger partial charge in [0.2, 0.25) is 11.7 Å². The normalized spacial score (nSPS) is 10.9. The van der Waals surface area contributed by atoms with Crippen LogP contribution in [-0.2, 0) is 11.3 Å². The van der Waals surface area contributed by atoms with E-state index in [1.54, 1.807) is 7.05 Å². The Morgan fingerprint density at radius 1 is 1.09 bits per heavy atom. The summed E-state index contributed by atoms with van der Waals surface area (Å²) in [5.74, 6) is 1.13. The van der Waals surface area contributed by atoms with Gasteiger partial charge in [-0.2, -0.15) is 10.1 Å². The predicted octanol–water partition coefficient (Wildman–Crippen LogP) is 3.79. The van der Waals surface area contributed by atoms with Gasteiger partial charge < -0.3 is 20.9 Å². The van der Waals surface area contributed by atoms with Crippen molar-refractivity contribution in [3.63, 3.8) is 0 Å². The molecular formula is C23H25N7O2. The van der Waals surface area contributed by atoms with Crippen LogP contribution in [0.15, 0.2) is 47.0 Å². The predicted molar refractivity (Wildman–Crippen MR) is 124 cm³/mol. The van der Waals surface area contributed by atoms with Crippen LogP contribution < -0.4 is 16.4 Å². The van der Waals surface area contributed by atoms with Gasteiger partial charge in [-0.3, -0.25) is 4.79 Å². The molecule has 0 spiro atoms. The first-order valence-electron chi connectivity index (χ1n) is 10.2. The number of hydrogen-bond acceptors (Lipinski definition) is 7. The highest BCUT2D eigenvalue weighted by Gasteiger charge is 2.24. The second-order valence-electron chi connectivity index (χ2n) is 7.62. The standard InChI is InChI=1S/C23H25N7O2/c1-13-8-10-16(11-9-13)21-27-23(32-29-21)18-20(24)30(28-22(18)25-4)12-17(31)26-19-14(2)6-5-7-15(19)3/h5-11H,12,24H2,1-4H3,(H,25,28)(H,26,31). The topological polar surface area (TPSA) is 124 Å². The van der Waals surface area contributed by atoms with E-state index in [2.05, 4.69) is 25.9 Å². The zero-order valence-corrected chi connectivity index (χ0v) is 18.4. The van der Waals surface area contributed by atoms with Crippen LogP contribution in [0.5, 0.6) is 0 Å². The number of carbonyl (C=O) groups excluding carboxylic acids is 1. The number of aryl methyl sites for hydroxylation is 3. The number of benzene rings is 2. The van der Waals surface area contributed by atoms with Gasteiger partial charge in [-0.05, 0) is 31.9 Å². The lowest BCUT2D eigenvalue weighted by Crippen LogP contribution is -2.21. The number of rotatable bonds is 6. The number of aromatic nitrogens is 4. The summed E-state index contributed by atoms with van der Waals surface area (Å²) >= 11 is 0. The Kier molecular flexibility index (Phi) is 5.63. The van der Waals surface area contributed by atoms with Crippen molar-refractivity contribution in [2.75, 3.05) is 23.4 Å². The van der Waals surface area contributed by atoms with Crippen LogP contribution >= 0.6 is 0 Å². The van der Waals surface area contributed by atoms with E-state index in [0.29, 0.717) is 17.2 Å². The summed E-state index contributed by atoms with van der Waals surface area (Å²) in [7, 11) is 1.71. The van der Waals surface area contributed by atoms with E-state index in [-0.39, 0.29) is 24.2 Å². The Morgan fingerprint density at radius 3 is 2.44 bits per heavy atom. The Labute approximate surface area is 185 Å². The van der Waals surface area contributed by atoms with Gasteiger partial charge in [0.25, 0.3) is 5.89 Å². The Balaban J connectivity index is 1.60. The zero-order valence-electron chi connectivity index (χ0n) is 18.4. The van der Waals surface area contributed by atoms with Gasteiger partial charge >= 0.3 is 0 Å². The van der Waals surface area contributed by atoms with Crippen LogP contribution in [0.2, 0.25) is 0 Å². The lowest BCUT2D eigenvalue weighted by Gasteiger charge is -2.11. The number of carbonyl (C=O) groups is 1. The largest absolute Gasteiger partial charge is 0.383 e. The maximum Gasteiger partial charge on any atom is 0.265 e. The molecular weight excluding hydrogens is 406 g/mol. The molecule has 4 aromatic rings. The van der Waals surface area contributed by atoms with Gasteiger partial charge in [0, 0.05) is 18.3 Å². The molecule has 1 amide bonds. The van der Waals surface area contributed by atoms with E-state index in [4.69, 9.17) is 10.3 Å². The second kappa shape index (κ2) is 8.54. The van der Waals surface area contributed by atoms with E-state index in [0.717, 1.165) is 27.9 Å². The third-order valence-electron chi connectivity index (χ3n) is 5.22. The highest BCUT2D eigenvalue weighted by atomic mass is 16.5. The van der Waals surface area contributed by atoms with Gasteiger partial charge in [0.15, 0.2) is 5.82 Å². The summed E-state index contributed by atoms with van der Waals surface area (Å²) in [6, 6.07) is 13.7. The van der Waals surface area contributed by atoms with Crippen LogP contribution in [0.1, 0.15) is 16.7 Å². The van der Waals surface area contributed by atoms with E-state index in [9.17, 15) is 4.79 Å². The van der Waals surface area contributed by atoms with Gasteiger partial charge in [-0.15, -0.1) is 0 Å². The van der Waals surface area contributed by atoms with Crippen molar-refractivity contribution in [1.29, 1.82) is 0 Å². The molecule has 0 saturated carbocycles. The Morgan fingerprint density at radius 2 is 1.78 bits per heavy atom. The quantitative estimate of drug-likeness (QED) is 0.424. The smallest absolute Gasteiger partial charge is 0.265 e. The molecule has 0 unspecified atom stereocenters. The summed E-state index contributed by atoms with van der Waals surface area (Å²) in [5.41, 5.74) is 11.5. The van der Waals surface area contributed by atoms with Crippen molar-refractivity contribution in [2.45, 2.75) is 27.3 Å². The van der Waals surface area contributed by atoms with Crippen LogP contribution in [0, 0.1) is 20.8 Å². The lowest BCUT2D eigenvalue weighted by molar-refractivity contribution is -0.116. The average molecular weight is 432 g/mol. The highest BCUT2D eigenvalue weighted by molar-refractivity contribution is 5.93. The molecule has 0 fully saturated rings. The molecule has 164 valence electrons. The van der Waals surface area contributed by atoms with Gasteiger partial charge in [-0.1, -0.05) is 53.2 Å². The Bertz CT molecular complexity index is 1250. The van der Waals surface area contributed by atoms with Crippen molar-refractivity contribution < 1.29 is 9.32 Å². The molecule has 0 bridgehead atoms. The third kappa shape index (κ3) is 4.04. The number of nitrogens with two attached hydrogens (primary N) is 1. The molecule has 9 nitrogen and oxygen atoms in total. The summed E-state index contributed by atoms with van der Waals surface area (Å²) < 4.78 is 6.89. The first-order valence-corrected chi connectivity index (χ1v) is 10.2. The fourth-order valence-electron chi connectivity index (χ4n) is 3.45. The van der Waals surface area contributed by atoms with Crippen LogP contribution in [-0.4, -0.2) is 32.9 Å². The number of nitrogen functional groups attached to an aromatic ring is 1. The van der Waals surface area contributed by atoms with E-state index < -0.39 is 0 Å². The van der Waals surface area contributed by atoms with Crippen LogP contribution in [0.25, 0.3) is 22.8 Å². The third-order valence-corrected chi connectivity index (χ3v) is 5.22. The first kappa shape index (κ1) is 21.1. The van der Waals surface area contributed by atoms with Crippen molar-refractivity contribution in [3.8, 4) is 22.8 Å². The van der Waals surface area contributed by atoms with Gasteiger partial charge in [0.1, 0.15) is 17.9 Å². The minimum Gasteiger partial charge on any atom is -0.383 e. The number of anilines is 3. The minimum atomic E-state index is -0.239. The molecule has 0 radical (unpaired) electrons. The molecule has 32 heavy (non-hydrogen) atoms. The summed E-state index contributed by atoms with van der Waals surface area (Å²) in [6.07, 6.45) is 0. The van der Waals surface area contributed by atoms with Crippen LogP contribution in [0.4, 0.5) is 17.3 Å². The molecule has 4 rings (SSSR count). The van der Waals surface area contributed by atoms with Crippen molar-refractivity contribution >= 4 is 23.2 Å². The summed E-state index contributed by atoms with van der Waals surface area (Å²) in [5, 5.41) is 14.4. The number of hydrogen-bond donors (Lipinski definition) is 3. The minimum absolute atomic E-state index is 0.0623. The number of nitrogens with one attached hydrogen (secondary N) is 2. The van der Waals surface area contributed by atoms with Gasteiger partial charge in [-0.25, -0.2) is 4.68 Å². The molecule has 0 saturated heterocycles. The maximum atomic E-state index is 12.7. The molecule has 2 aromatic carbocycles. The molecule has 2 heterocycles. The van der Waals surface area contributed by atoms with Gasteiger partial charge in [0.05, 0.1) is 0 Å². The molecule has 0 aliphatic carbocycles. The second-order valence-corrected chi connectivity index (χ2v) is 7.62. The fraction of sp³-hybridized carbons (Fsp3) is 0.217. The SMILES string of the molecule is CNc1nn(CC(=O)Nc2c(C)cccc2C)c(N)c1-c1nc(-c2ccc(C)cc2)no1. The fourth-order valence-corrected chi connectivity index (χ4v) is 3.45. The van der Waals surface area contributed by atoms with E-state index >= 15 is 0 Å². The lowest BCUT2D eigenvalue weighted by atomic mass is 10.1. The van der Waals surface area contributed by atoms with E-state index in [1.807, 2.05) is 63.2 Å². The first-order chi connectivity index (χ1) is 15.4. The Hall–Kier alpha value is -4.14. The van der Waals surface area contributed by atoms with Crippen molar-refractivity contribution in [2.24, 2.45) is 0 Å². The molecule has 9 heteroatoms. The average Bonchev–Trinajstić information content (AvgIpc) is 3.36. The molecule has 0 aliphatic rings. The number of para-hydroxylation sites is 1. The van der Waals surface area contributed by atoms with E-state index in [1.165, 1.54) is 4.68 Å². The monoisotopic (exact) mass is 431 g/mol. The number of nitrogens with zero attached hydrogens (tertiary/aromatic N) is 4. The van der Waals surface area contributed by atoms with Crippen molar-refractivity contribution in [1.82, 2.24) is 19.9 Å². The maximum absolute atomic E-state index is 12.7. The highest BCUT2D eigenvalue weighted by Crippen LogP contribution is 2.33. The summed E-state index contributed by atoms with van der Waals surface area (Å²) in [6.45, 7) is 5.84. The van der Waals surface area contributed by atoms with Crippen molar-refractivity contribution in [3.05, 3.63) is 59.2 Å². The molecule has 2 aromatic heterocycles. The van der Waals surface area contributed by atoms with Crippen LogP contribution in [0.3, 0.4) is 0 Å². The zero-order chi connectivity index (χ0) is 22.8. The number of amides is 1. The molecule has 0 aliphatic heterocycles.